The van der Waals surface area contributed by atoms with Crippen molar-refractivity contribution >= 4 is 0 Å². The summed E-state index contributed by atoms with van der Waals surface area (Å²) in [5.74, 6) is 2.09. The number of rotatable bonds is 10. The molecular weight excluding hydrogens is 206 g/mol. The lowest BCUT2D eigenvalue weighted by molar-refractivity contribution is 0.355. The Hall–Kier alpha value is -0.0400. The van der Waals surface area contributed by atoms with Crippen molar-refractivity contribution < 1.29 is 0 Å². The normalized spacial score (nSPS) is 22.1. The van der Waals surface area contributed by atoms with Gasteiger partial charge in [0, 0.05) is 12.1 Å². The maximum absolute atomic E-state index is 3.93. The molecule has 0 amide bonds. The highest BCUT2D eigenvalue weighted by Gasteiger charge is 2.41. The van der Waals surface area contributed by atoms with Gasteiger partial charge in [-0.15, -0.1) is 0 Å². The van der Waals surface area contributed by atoms with Gasteiger partial charge in [-0.3, -0.25) is 0 Å². The van der Waals surface area contributed by atoms with E-state index in [-0.39, 0.29) is 0 Å². The summed E-state index contributed by atoms with van der Waals surface area (Å²) in [6.07, 6.45) is 14.5. The minimum absolute atomic E-state index is 0.753. The molecule has 0 saturated heterocycles. The van der Waals surface area contributed by atoms with Crippen LogP contribution >= 0.6 is 0 Å². The van der Waals surface area contributed by atoms with Crippen molar-refractivity contribution in [1.82, 2.24) is 5.32 Å². The topological polar surface area (TPSA) is 12.0 Å². The van der Waals surface area contributed by atoms with Gasteiger partial charge in [0.15, 0.2) is 0 Å². The van der Waals surface area contributed by atoms with E-state index in [1.807, 2.05) is 0 Å². The van der Waals surface area contributed by atoms with Gasteiger partial charge in [-0.2, -0.15) is 0 Å². The molecular formula is C16H31N. The van der Waals surface area contributed by atoms with E-state index in [1.54, 1.807) is 0 Å². The fraction of sp³-hybridized carbons (Fsp3) is 1.00. The van der Waals surface area contributed by atoms with Gasteiger partial charge in [-0.05, 0) is 50.9 Å². The van der Waals surface area contributed by atoms with E-state index in [0.717, 1.165) is 23.9 Å². The predicted octanol–water partition coefficient (Wildman–Crippen LogP) is 4.51. The van der Waals surface area contributed by atoms with E-state index in [4.69, 9.17) is 0 Å². The van der Waals surface area contributed by atoms with E-state index < -0.39 is 0 Å². The van der Waals surface area contributed by atoms with Crippen molar-refractivity contribution in [2.45, 2.75) is 90.1 Å². The van der Waals surface area contributed by atoms with Gasteiger partial charge in [-0.25, -0.2) is 0 Å². The minimum atomic E-state index is 0.753. The summed E-state index contributed by atoms with van der Waals surface area (Å²) in [4.78, 5) is 0. The summed E-state index contributed by atoms with van der Waals surface area (Å²) in [7, 11) is 0. The molecule has 2 aliphatic rings. The van der Waals surface area contributed by atoms with E-state index in [0.29, 0.717) is 0 Å². The predicted molar refractivity (Wildman–Crippen MR) is 75.2 cm³/mol. The molecule has 2 rings (SSSR count). The van der Waals surface area contributed by atoms with E-state index in [1.165, 1.54) is 64.2 Å². The van der Waals surface area contributed by atoms with Crippen LogP contribution in [0.25, 0.3) is 0 Å². The summed E-state index contributed by atoms with van der Waals surface area (Å²) in [5.41, 5.74) is 0. The van der Waals surface area contributed by atoms with E-state index >= 15 is 0 Å². The largest absolute Gasteiger partial charge is 0.311 e. The van der Waals surface area contributed by atoms with Crippen molar-refractivity contribution in [3.8, 4) is 0 Å². The molecule has 0 heterocycles. The zero-order chi connectivity index (χ0) is 12.1. The molecule has 0 radical (unpaired) electrons. The van der Waals surface area contributed by atoms with Gasteiger partial charge in [-0.1, -0.05) is 39.0 Å². The molecule has 2 aliphatic carbocycles. The van der Waals surface area contributed by atoms with Crippen molar-refractivity contribution in [2.75, 3.05) is 0 Å². The number of hydrogen-bond donors (Lipinski definition) is 1. The van der Waals surface area contributed by atoms with Gasteiger partial charge in [0.1, 0.15) is 0 Å². The molecule has 1 nitrogen and oxygen atoms in total. The van der Waals surface area contributed by atoms with Crippen LogP contribution in [0.2, 0.25) is 0 Å². The summed E-state index contributed by atoms with van der Waals surface area (Å²) in [5, 5.41) is 3.93. The highest BCUT2D eigenvalue weighted by molar-refractivity contribution is 4.97. The molecule has 17 heavy (non-hydrogen) atoms. The minimum Gasteiger partial charge on any atom is -0.311 e. The smallest absolute Gasteiger partial charge is 0.0126 e. The summed E-state index contributed by atoms with van der Waals surface area (Å²) >= 11 is 0. The van der Waals surface area contributed by atoms with Crippen LogP contribution in [-0.2, 0) is 0 Å². The standard InChI is InChI=1S/C16H31N/c1-3-4-5-6-7-8-13(2)17-16(14-9-10-14)15-11-12-15/h13-17H,3-12H2,1-2H3. The van der Waals surface area contributed by atoms with Crippen LogP contribution in [-0.4, -0.2) is 12.1 Å². The van der Waals surface area contributed by atoms with E-state index in [2.05, 4.69) is 19.2 Å². The molecule has 1 unspecified atom stereocenters. The monoisotopic (exact) mass is 237 g/mol. The molecule has 0 aromatic heterocycles. The molecule has 0 aliphatic heterocycles. The lowest BCUT2D eigenvalue weighted by Gasteiger charge is -2.23. The first kappa shape index (κ1) is 13.4. The van der Waals surface area contributed by atoms with Gasteiger partial charge in [0.2, 0.25) is 0 Å². The van der Waals surface area contributed by atoms with Gasteiger partial charge in [0.05, 0.1) is 0 Å². The Morgan fingerprint density at radius 2 is 1.53 bits per heavy atom. The molecule has 1 atom stereocenters. The second kappa shape index (κ2) is 6.78. The Kier molecular flexibility index (Phi) is 5.34. The molecule has 1 heteroatoms. The third kappa shape index (κ3) is 4.99. The SMILES string of the molecule is CCCCCCCC(C)NC(C1CC1)C1CC1. The van der Waals surface area contributed by atoms with E-state index in [9.17, 15) is 0 Å². The summed E-state index contributed by atoms with van der Waals surface area (Å²) in [6, 6.07) is 1.64. The molecule has 0 aromatic carbocycles. The van der Waals surface area contributed by atoms with Gasteiger partial charge >= 0.3 is 0 Å². The van der Waals surface area contributed by atoms with Crippen LogP contribution in [0.1, 0.15) is 78.1 Å². The lowest BCUT2D eigenvalue weighted by atomic mass is 10.0. The summed E-state index contributed by atoms with van der Waals surface area (Å²) in [6.45, 7) is 4.69. The van der Waals surface area contributed by atoms with Gasteiger partial charge < -0.3 is 5.32 Å². The Balaban J connectivity index is 1.54. The van der Waals surface area contributed by atoms with Crippen molar-refractivity contribution in [3.63, 3.8) is 0 Å². The number of nitrogens with one attached hydrogen (secondary N) is 1. The van der Waals surface area contributed by atoms with Crippen LogP contribution < -0.4 is 5.32 Å². The molecule has 100 valence electrons. The highest BCUT2D eigenvalue weighted by atomic mass is 15.0. The fourth-order valence-corrected chi connectivity index (χ4v) is 3.03. The average Bonchev–Trinajstić information content (AvgIpc) is 3.18. The molecule has 2 fully saturated rings. The Morgan fingerprint density at radius 1 is 0.941 bits per heavy atom. The maximum Gasteiger partial charge on any atom is 0.0126 e. The zero-order valence-corrected chi connectivity index (χ0v) is 11.9. The molecule has 0 spiro atoms. The first-order valence-corrected chi connectivity index (χ1v) is 8.07. The molecule has 0 bridgehead atoms. The third-order valence-corrected chi connectivity index (χ3v) is 4.48. The van der Waals surface area contributed by atoms with Crippen molar-refractivity contribution in [2.24, 2.45) is 11.8 Å². The highest BCUT2D eigenvalue weighted by Crippen LogP contribution is 2.44. The van der Waals surface area contributed by atoms with Crippen LogP contribution in [0.5, 0.6) is 0 Å². The van der Waals surface area contributed by atoms with Crippen LogP contribution in [0.4, 0.5) is 0 Å². The third-order valence-electron chi connectivity index (χ3n) is 4.48. The van der Waals surface area contributed by atoms with Gasteiger partial charge in [0.25, 0.3) is 0 Å². The first-order valence-electron chi connectivity index (χ1n) is 8.07. The Labute approximate surface area is 108 Å². The average molecular weight is 237 g/mol. The first-order chi connectivity index (χ1) is 8.31. The number of hydrogen-bond acceptors (Lipinski definition) is 1. The van der Waals surface area contributed by atoms with Crippen LogP contribution in [0.15, 0.2) is 0 Å². The molecule has 2 saturated carbocycles. The van der Waals surface area contributed by atoms with Crippen LogP contribution in [0, 0.1) is 11.8 Å². The Morgan fingerprint density at radius 3 is 2.06 bits per heavy atom. The second-order valence-electron chi connectivity index (χ2n) is 6.47. The van der Waals surface area contributed by atoms with Crippen molar-refractivity contribution in [3.05, 3.63) is 0 Å². The fourth-order valence-electron chi connectivity index (χ4n) is 3.03. The Bertz CT molecular complexity index is 194. The lowest BCUT2D eigenvalue weighted by Crippen LogP contribution is -2.39. The maximum atomic E-state index is 3.93. The quantitative estimate of drug-likeness (QED) is 0.551. The zero-order valence-electron chi connectivity index (χ0n) is 11.9. The summed E-state index contributed by atoms with van der Waals surface area (Å²) < 4.78 is 0. The number of unbranched alkanes of at least 4 members (excludes halogenated alkanes) is 4. The second-order valence-corrected chi connectivity index (χ2v) is 6.47. The molecule has 1 N–H and O–H groups in total. The van der Waals surface area contributed by atoms with Crippen molar-refractivity contribution in [1.29, 1.82) is 0 Å². The van der Waals surface area contributed by atoms with Crippen LogP contribution in [0.3, 0.4) is 0 Å². The molecule has 0 aromatic rings.